The molecule has 4 nitrogen and oxygen atoms in total. The molecule has 2 atom stereocenters. The minimum atomic E-state index is -0.391. The molecule has 0 heterocycles. The minimum absolute atomic E-state index is 0.104. The summed E-state index contributed by atoms with van der Waals surface area (Å²) in [4.78, 5) is 22.3. The molecule has 0 aliphatic heterocycles. The number of amides is 2. The summed E-state index contributed by atoms with van der Waals surface area (Å²) in [5.41, 5.74) is 5.20. The molecule has 2 unspecified atom stereocenters. The van der Waals surface area contributed by atoms with Crippen LogP contribution >= 0.6 is 0 Å². The zero-order valence-electron chi connectivity index (χ0n) is 8.46. The summed E-state index contributed by atoms with van der Waals surface area (Å²) in [5.74, 6) is -1.12. The van der Waals surface area contributed by atoms with Gasteiger partial charge in [0, 0.05) is 18.9 Å². The van der Waals surface area contributed by atoms with Crippen molar-refractivity contribution in [1.82, 2.24) is 5.32 Å². The first-order valence-corrected chi connectivity index (χ1v) is 4.59. The van der Waals surface area contributed by atoms with E-state index in [0.29, 0.717) is 12.8 Å². The number of rotatable bonds is 5. The summed E-state index contributed by atoms with van der Waals surface area (Å²) < 4.78 is 0. The molecule has 0 bridgehead atoms. The smallest absolute Gasteiger partial charge is 0.223 e. The average molecular weight is 186 g/mol. The van der Waals surface area contributed by atoms with Gasteiger partial charge in [0.05, 0.1) is 0 Å². The monoisotopic (exact) mass is 186 g/mol. The fourth-order valence-corrected chi connectivity index (χ4v) is 1.52. The van der Waals surface area contributed by atoms with E-state index in [2.05, 4.69) is 5.32 Å². The Kier molecular flexibility index (Phi) is 5.11. The molecule has 0 aromatic carbocycles. The molecule has 4 heteroatoms. The fourth-order valence-electron chi connectivity index (χ4n) is 1.52. The van der Waals surface area contributed by atoms with Gasteiger partial charge < -0.3 is 11.1 Å². The number of hydrogen-bond donors (Lipinski definition) is 2. The molecule has 0 radical (unpaired) electrons. The molecule has 0 saturated heterocycles. The van der Waals surface area contributed by atoms with Crippen molar-refractivity contribution in [2.45, 2.75) is 26.7 Å². The summed E-state index contributed by atoms with van der Waals surface area (Å²) in [6.07, 6.45) is 1.25. The number of hydrogen-bond acceptors (Lipinski definition) is 2. The van der Waals surface area contributed by atoms with Gasteiger partial charge in [0.2, 0.25) is 11.8 Å². The van der Waals surface area contributed by atoms with Crippen molar-refractivity contribution in [3.63, 3.8) is 0 Å². The van der Waals surface area contributed by atoms with Crippen molar-refractivity contribution in [2.75, 3.05) is 7.05 Å². The van der Waals surface area contributed by atoms with Crippen LogP contribution in [0.4, 0.5) is 0 Å². The lowest BCUT2D eigenvalue weighted by Crippen LogP contribution is -2.38. The van der Waals surface area contributed by atoms with E-state index in [0.717, 1.165) is 0 Å². The summed E-state index contributed by atoms with van der Waals surface area (Å²) in [6, 6.07) is 0. The molecule has 3 N–H and O–H groups in total. The van der Waals surface area contributed by atoms with Crippen LogP contribution in [0, 0.1) is 11.8 Å². The second kappa shape index (κ2) is 5.56. The van der Waals surface area contributed by atoms with Crippen molar-refractivity contribution < 1.29 is 9.59 Å². The first-order valence-electron chi connectivity index (χ1n) is 4.59. The van der Waals surface area contributed by atoms with Crippen LogP contribution < -0.4 is 11.1 Å². The normalized spacial score (nSPS) is 14.7. The lowest BCUT2D eigenvalue weighted by molar-refractivity contribution is -0.133. The van der Waals surface area contributed by atoms with Crippen molar-refractivity contribution >= 4 is 11.8 Å². The molecule has 2 amide bonds. The van der Waals surface area contributed by atoms with Gasteiger partial charge in [-0.15, -0.1) is 0 Å². The van der Waals surface area contributed by atoms with Gasteiger partial charge in [0.25, 0.3) is 0 Å². The highest BCUT2D eigenvalue weighted by Gasteiger charge is 2.28. The maximum atomic E-state index is 11.3. The molecule has 0 aromatic rings. The number of carbonyl (C=O) groups excluding carboxylic acids is 2. The Hall–Kier alpha value is -1.06. The van der Waals surface area contributed by atoms with Crippen molar-refractivity contribution in [1.29, 1.82) is 0 Å². The Bertz CT molecular complexity index is 192. The summed E-state index contributed by atoms with van der Waals surface area (Å²) in [5, 5.41) is 2.54. The minimum Gasteiger partial charge on any atom is -0.369 e. The summed E-state index contributed by atoms with van der Waals surface area (Å²) in [6.45, 7) is 3.74. The molecule has 0 aliphatic rings. The molecule has 0 saturated carbocycles. The Balaban J connectivity index is 4.52. The van der Waals surface area contributed by atoms with E-state index >= 15 is 0 Å². The van der Waals surface area contributed by atoms with Gasteiger partial charge in [0.15, 0.2) is 0 Å². The lowest BCUT2D eigenvalue weighted by atomic mass is 9.86. The third-order valence-corrected chi connectivity index (χ3v) is 2.31. The van der Waals surface area contributed by atoms with Gasteiger partial charge in [-0.1, -0.05) is 13.8 Å². The van der Waals surface area contributed by atoms with Crippen LogP contribution in [0.25, 0.3) is 0 Å². The molecule has 0 aliphatic carbocycles. The van der Waals surface area contributed by atoms with Crippen LogP contribution in [0.3, 0.4) is 0 Å². The quantitative estimate of drug-likeness (QED) is 0.647. The van der Waals surface area contributed by atoms with Gasteiger partial charge in [-0.3, -0.25) is 9.59 Å². The number of primary amides is 1. The first kappa shape index (κ1) is 11.9. The van der Waals surface area contributed by atoms with E-state index in [4.69, 9.17) is 5.73 Å². The van der Waals surface area contributed by atoms with Crippen molar-refractivity contribution in [3.05, 3.63) is 0 Å². The highest BCUT2D eigenvalue weighted by atomic mass is 16.2. The maximum Gasteiger partial charge on any atom is 0.223 e. The second-order valence-corrected chi connectivity index (χ2v) is 3.05. The highest BCUT2D eigenvalue weighted by molar-refractivity contribution is 5.86. The number of carbonyl (C=O) groups is 2. The van der Waals surface area contributed by atoms with E-state index < -0.39 is 5.91 Å². The van der Waals surface area contributed by atoms with Crippen LogP contribution in [-0.2, 0) is 9.59 Å². The van der Waals surface area contributed by atoms with Crippen LogP contribution in [0.2, 0.25) is 0 Å². The van der Waals surface area contributed by atoms with E-state index in [1.54, 1.807) is 7.05 Å². The summed E-state index contributed by atoms with van der Waals surface area (Å²) >= 11 is 0. The van der Waals surface area contributed by atoms with Gasteiger partial charge in [-0.2, -0.15) is 0 Å². The van der Waals surface area contributed by atoms with Crippen LogP contribution in [0.5, 0.6) is 0 Å². The molecule has 0 spiro atoms. The van der Waals surface area contributed by atoms with Gasteiger partial charge in [-0.25, -0.2) is 0 Å². The molecule has 0 aromatic heterocycles. The Morgan fingerprint density at radius 2 is 1.69 bits per heavy atom. The Morgan fingerprint density at radius 3 is 1.92 bits per heavy atom. The zero-order valence-corrected chi connectivity index (χ0v) is 8.46. The van der Waals surface area contributed by atoms with E-state index in [9.17, 15) is 9.59 Å². The first-order chi connectivity index (χ1) is 6.08. The van der Waals surface area contributed by atoms with Crippen molar-refractivity contribution in [2.24, 2.45) is 17.6 Å². The highest BCUT2D eigenvalue weighted by Crippen LogP contribution is 2.18. The molecule has 0 rings (SSSR count). The Morgan fingerprint density at radius 1 is 1.23 bits per heavy atom. The molecule has 0 fully saturated rings. The topological polar surface area (TPSA) is 72.2 Å². The Labute approximate surface area is 78.9 Å². The molecule has 13 heavy (non-hydrogen) atoms. The molecular weight excluding hydrogens is 168 g/mol. The van der Waals surface area contributed by atoms with Crippen molar-refractivity contribution in [3.8, 4) is 0 Å². The van der Waals surface area contributed by atoms with E-state index in [1.165, 1.54) is 0 Å². The van der Waals surface area contributed by atoms with E-state index in [-0.39, 0.29) is 17.7 Å². The fraction of sp³-hybridized carbons (Fsp3) is 0.778. The maximum absolute atomic E-state index is 11.3. The zero-order chi connectivity index (χ0) is 10.4. The number of nitrogens with two attached hydrogens (primary N) is 1. The average Bonchev–Trinajstić information content (AvgIpc) is 2.12. The third-order valence-electron chi connectivity index (χ3n) is 2.31. The van der Waals surface area contributed by atoms with Crippen LogP contribution in [0.1, 0.15) is 26.7 Å². The molecule has 76 valence electrons. The standard InChI is InChI=1S/C9H18N2O2/c1-4-6(8(10)12)7(5-2)9(13)11-3/h6-7H,4-5H2,1-3H3,(H2,10,12)(H,11,13). The largest absolute Gasteiger partial charge is 0.369 e. The van der Waals surface area contributed by atoms with Gasteiger partial charge >= 0.3 is 0 Å². The number of nitrogens with one attached hydrogen (secondary N) is 1. The van der Waals surface area contributed by atoms with E-state index in [1.807, 2.05) is 13.8 Å². The van der Waals surface area contributed by atoms with Gasteiger partial charge in [-0.05, 0) is 12.8 Å². The molecular formula is C9H18N2O2. The third kappa shape index (κ3) is 3.05. The SMILES string of the molecule is CCC(C(N)=O)C(CC)C(=O)NC. The van der Waals surface area contributed by atoms with Crippen LogP contribution in [0.15, 0.2) is 0 Å². The lowest BCUT2D eigenvalue weighted by Gasteiger charge is -2.20. The second-order valence-electron chi connectivity index (χ2n) is 3.05. The van der Waals surface area contributed by atoms with Crippen LogP contribution in [-0.4, -0.2) is 18.9 Å². The predicted molar refractivity (Wildman–Crippen MR) is 50.8 cm³/mol. The van der Waals surface area contributed by atoms with Gasteiger partial charge in [0.1, 0.15) is 0 Å². The summed E-state index contributed by atoms with van der Waals surface area (Å²) in [7, 11) is 1.57. The predicted octanol–water partition coefficient (Wildman–Crippen LogP) is 0.270.